The molecule has 0 spiro atoms. The summed E-state index contributed by atoms with van der Waals surface area (Å²) < 4.78 is 10.5. The second kappa shape index (κ2) is 9.70. The third kappa shape index (κ3) is 4.59. The molecule has 174 valence electrons. The van der Waals surface area contributed by atoms with E-state index in [4.69, 9.17) is 9.15 Å². The zero-order valence-electron chi connectivity index (χ0n) is 18.5. The molecule has 1 N–H and O–H groups in total. The maximum Gasteiger partial charge on any atom is 0.349 e. The number of benzene rings is 2. The minimum absolute atomic E-state index is 0.0219. The summed E-state index contributed by atoms with van der Waals surface area (Å²) in [5, 5.41) is 3.13. The third-order valence-electron chi connectivity index (χ3n) is 5.36. The molecule has 9 heteroatoms. The number of ether oxygens (including phenoxy) is 1. The normalized spacial score (nSPS) is 12.7. The molecule has 1 aliphatic rings. The summed E-state index contributed by atoms with van der Waals surface area (Å²) in [7, 11) is 0. The van der Waals surface area contributed by atoms with Crippen LogP contribution in [0.15, 0.2) is 57.7 Å². The number of carbonyl (C=O) groups is 4. The average molecular weight is 462 g/mol. The maximum atomic E-state index is 12.4. The Kier molecular flexibility index (Phi) is 6.53. The number of fused-ring (bicyclic) bond motifs is 2. The first-order valence-corrected chi connectivity index (χ1v) is 10.9. The highest BCUT2D eigenvalue weighted by molar-refractivity contribution is 6.21. The van der Waals surface area contributed by atoms with Gasteiger partial charge in [-0.05, 0) is 43.2 Å². The Hall–Kier alpha value is -4.27. The monoisotopic (exact) mass is 462 g/mol. The van der Waals surface area contributed by atoms with Crippen LogP contribution >= 0.6 is 0 Å². The fourth-order valence-electron chi connectivity index (χ4n) is 3.65. The summed E-state index contributed by atoms with van der Waals surface area (Å²) in [6, 6.07) is 12.5. The van der Waals surface area contributed by atoms with Gasteiger partial charge in [0.2, 0.25) is 0 Å². The van der Waals surface area contributed by atoms with E-state index < -0.39 is 17.5 Å². The molecule has 0 saturated carbocycles. The van der Waals surface area contributed by atoms with Gasteiger partial charge < -0.3 is 14.5 Å². The summed E-state index contributed by atoms with van der Waals surface area (Å²) in [5.74, 6) is -1.65. The fraction of sp³-hybridized carbons (Fsp3) is 0.240. The Morgan fingerprint density at radius 2 is 1.71 bits per heavy atom. The Balaban J connectivity index is 1.36. The molecule has 0 unspecified atom stereocenters. The van der Waals surface area contributed by atoms with Gasteiger partial charge in [-0.3, -0.25) is 24.1 Å². The van der Waals surface area contributed by atoms with Gasteiger partial charge in [0, 0.05) is 31.0 Å². The van der Waals surface area contributed by atoms with Crippen LogP contribution in [0.5, 0.6) is 5.75 Å². The van der Waals surface area contributed by atoms with E-state index in [9.17, 15) is 24.0 Å². The Bertz CT molecular complexity index is 1320. The first-order chi connectivity index (χ1) is 16.4. The number of rotatable bonds is 8. The van der Waals surface area contributed by atoms with Gasteiger partial charge in [0.1, 0.15) is 16.9 Å². The largest absolute Gasteiger partial charge is 0.426 e. The van der Waals surface area contributed by atoms with Gasteiger partial charge in [0.05, 0.1) is 11.1 Å². The van der Waals surface area contributed by atoms with Crippen LogP contribution in [-0.2, 0) is 4.79 Å². The van der Waals surface area contributed by atoms with Crippen molar-refractivity contribution in [1.29, 1.82) is 0 Å². The molecular formula is C25H22N2O7. The van der Waals surface area contributed by atoms with Crippen molar-refractivity contribution in [2.75, 3.05) is 13.1 Å². The van der Waals surface area contributed by atoms with Crippen molar-refractivity contribution < 1.29 is 28.3 Å². The summed E-state index contributed by atoms with van der Waals surface area (Å²) in [6.07, 6.45) is 0.951. The van der Waals surface area contributed by atoms with Crippen LogP contribution in [0, 0.1) is 0 Å². The van der Waals surface area contributed by atoms with Crippen LogP contribution in [0.2, 0.25) is 0 Å². The predicted molar refractivity (Wildman–Crippen MR) is 122 cm³/mol. The van der Waals surface area contributed by atoms with E-state index in [-0.39, 0.29) is 48.1 Å². The molecule has 0 atom stereocenters. The first-order valence-electron chi connectivity index (χ1n) is 10.9. The standard InChI is InChI=1S/C25H22N2O7/c1-2-11-26-22(29)19-13-15-9-10-16(14-20(15)34-25(19)32)33-21(28)8-5-12-27-23(30)17-6-3-4-7-18(17)24(27)31/h3-4,6-7,9-10,13-14H,2,5,8,11-12H2,1H3,(H,26,29). The number of imide groups is 1. The van der Waals surface area contributed by atoms with Crippen LogP contribution in [0.4, 0.5) is 0 Å². The summed E-state index contributed by atoms with van der Waals surface area (Å²) in [4.78, 5) is 62.4. The Morgan fingerprint density at radius 3 is 2.38 bits per heavy atom. The number of hydrogen-bond donors (Lipinski definition) is 1. The van der Waals surface area contributed by atoms with Crippen molar-refractivity contribution >= 4 is 34.7 Å². The van der Waals surface area contributed by atoms with Crippen LogP contribution in [-0.4, -0.2) is 41.7 Å². The van der Waals surface area contributed by atoms with Gasteiger partial charge in [-0.2, -0.15) is 0 Å². The van der Waals surface area contributed by atoms with E-state index in [0.717, 1.165) is 11.3 Å². The molecule has 34 heavy (non-hydrogen) atoms. The van der Waals surface area contributed by atoms with E-state index in [1.54, 1.807) is 30.3 Å². The van der Waals surface area contributed by atoms with Gasteiger partial charge in [0.15, 0.2) is 0 Å². The van der Waals surface area contributed by atoms with Gasteiger partial charge in [-0.15, -0.1) is 0 Å². The number of amides is 3. The summed E-state index contributed by atoms with van der Waals surface area (Å²) in [5.41, 5.74) is 0.00946. The predicted octanol–water partition coefficient (Wildman–Crippen LogP) is 2.91. The van der Waals surface area contributed by atoms with Crippen molar-refractivity contribution in [2.24, 2.45) is 0 Å². The van der Waals surface area contributed by atoms with Crippen molar-refractivity contribution in [1.82, 2.24) is 10.2 Å². The Labute approximate surface area is 194 Å². The first kappa shape index (κ1) is 22.9. The summed E-state index contributed by atoms with van der Waals surface area (Å²) >= 11 is 0. The molecule has 1 aliphatic heterocycles. The molecule has 4 rings (SSSR count). The minimum atomic E-state index is -0.787. The van der Waals surface area contributed by atoms with Gasteiger partial charge in [0.25, 0.3) is 17.7 Å². The second-order valence-electron chi connectivity index (χ2n) is 7.79. The van der Waals surface area contributed by atoms with Crippen LogP contribution < -0.4 is 15.7 Å². The topological polar surface area (TPSA) is 123 Å². The van der Waals surface area contributed by atoms with E-state index in [1.807, 2.05) is 6.92 Å². The van der Waals surface area contributed by atoms with E-state index in [0.29, 0.717) is 23.1 Å². The minimum Gasteiger partial charge on any atom is -0.426 e. The Morgan fingerprint density at radius 1 is 1.00 bits per heavy atom. The molecule has 0 aliphatic carbocycles. The highest BCUT2D eigenvalue weighted by atomic mass is 16.5. The van der Waals surface area contributed by atoms with E-state index in [2.05, 4.69) is 5.32 Å². The lowest BCUT2D eigenvalue weighted by Crippen LogP contribution is -2.31. The molecule has 2 heterocycles. The third-order valence-corrected chi connectivity index (χ3v) is 5.36. The maximum absolute atomic E-state index is 12.4. The zero-order valence-corrected chi connectivity index (χ0v) is 18.5. The molecule has 3 aromatic rings. The molecule has 0 radical (unpaired) electrons. The smallest absolute Gasteiger partial charge is 0.349 e. The van der Waals surface area contributed by atoms with Gasteiger partial charge >= 0.3 is 11.6 Å². The number of hydrogen-bond acceptors (Lipinski definition) is 7. The lowest BCUT2D eigenvalue weighted by molar-refractivity contribution is -0.134. The molecule has 2 aromatic carbocycles. The molecule has 0 saturated heterocycles. The quantitative estimate of drug-likeness (QED) is 0.236. The van der Waals surface area contributed by atoms with Gasteiger partial charge in [-0.1, -0.05) is 19.1 Å². The van der Waals surface area contributed by atoms with E-state index >= 15 is 0 Å². The fourth-order valence-corrected chi connectivity index (χ4v) is 3.65. The molecular weight excluding hydrogens is 440 g/mol. The second-order valence-corrected chi connectivity index (χ2v) is 7.79. The molecule has 9 nitrogen and oxygen atoms in total. The lowest BCUT2D eigenvalue weighted by atomic mass is 10.1. The SMILES string of the molecule is CCCNC(=O)c1cc2ccc(OC(=O)CCCN3C(=O)c4ccccc4C3=O)cc2oc1=O. The van der Waals surface area contributed by atoms with Crippen molar-refractivity contribution in [3.63, 3.8) is 0 Å². The van der Waals surface area contributed by atoms with Gasteiger partial charge in [-0.25, -0.2) is 4.79 Å². The van der Waals surface area contributed by atoms with Crippen molar-refractivity contribution in [2.45, 2.75) is 26.2 Å². The lowest BCUT2D eigenvalue weighted by Gasteiger charge is -2.13. The van der Waals surface area contributed by atoms with Crippen LogP contribution in [0.25, 0.3) is 11.0 Å². The highest BCUT2D eigenvalue weighted by Crippen LogP contribution is 2.23. The van der Waals surface area contributed by atoms with Crippen molar-refractivity contribution in [3.05, 3.63) is 75.6 Å². The number of carbonyl (C=O) groups excluding carboxylic acids is 4. The van der Waals surface area contributed by atoms with Crippen LogP contribution in [0.1, 0.15) is 57.3 Å². The zero-order chi connectivity index (χ0) is 24.2. The molecule has 0 fully saturated rings. The number of esters is 1. The number of nitrogens with zero attached hydrogens (tertiary/aromatic N) is 1. The summed E-state index contributed by atoms with van der Waals surface area (Å²) in [6.45, 7) is 2.44. The molecule has 1 aromatic heterocycles. The van der Waals surface area contributed by atoms with Crippen molar-refractivity contribution in [3.8, 4) is 5.75 Å². The van der Waals surface area contributed by atoms with Crippen LogP contribution in [0.3, 0.4) is 0 Å². The average Bonchev–Trinajstić information content (AvgIpc) is 3.07. The highest BCUT2D eigenvalue weighted by Gasteiger charge is 2.34. The molecule has 3 amide bonds. The van der Waals surface area contributed by atoms with E-state index in [1.165, 1.54) is 18.2 Å². The number of nitrogens with one attached hydrogen (secondary N) is 1. The molecule has 0 bridgehead atoms.